The first kappa shape index (κ1) is 14.2. The number of rotatable bonds is 3. The topological polar surface area (TPSA) is 12.0 Å². The second-order valence-corrected chi connectivity index (χ2v) is 6.54. The molecule has 1 aromatic rings. The summed E-state index contributed by atoms with van der Waals surface area (Å²) >= 11 is 9.68. The maximum absolute atomic E-state index is 6.19. The van der Waals surface area contributed by atoms with Crippen LogP contribution in [0.4, 0.5) is 5.69 Å². The monoisotopic (exact) mass is 329 g/mol. The Balaban J connectivity index is 1.87. The van der Waals surface area contributed by atoms with Gasteiger partial charge in [0.2, 0.25) is 0 Å². The van der Waals surface area contributed by atoms with Crippen LogP contribution in [0.3, 0.4) is 0 Å². The third-order valence-electron chi connectivity index (χ3n) is 3.73. The van der Waals surface area contributed by atoms with Gasteiger partial charge in [-0.1, -0.05) is 59.6 Å². The van der Waals surface area contributed by atoms with Gasteiger partial charge < -0.3 is 5.32 Å². The zero-order valence-electron chi connectivity index (χ0n) is 10.7. The van der Waals surface area contributed by atoms with Gasteiger partial charge in [0.15, 0.2) is 0 Å². The van der Waals surface area contributed by atoms with E-state index in [9.17, 15) is 0 Å². The molecule has 1 fully saturated rings. The highest BCUT2D eigenvalue weighted by atomic mass is 79.9. The molecule has 18 heavy (non-hydrogen) atoms. The summed E-state index contributed by atoms with van der Waals surface area (Å²) in [5.74, 6) is 0.806. The Labute approximate surface area is 123 Å². The van der Waals surface area contributed by atoms with Crippen LogP contribution in [0, 0.1) is 5.92 Å². The van der Waals surface area contributed by atoms with E-state index in [-0.39, 0.29) is 0 Å². The average Bonchev–Trinajstić information content (AvgIpc) is 2.32. The zero-order chi connectivity index (χ0) is 12.8. The second-order valence-electron chi connectivity index (χ2n) is 5.22. The van der Waals surface area contributed by atoms with Gasteiger partial charge in [-0.2, -0.15) is 0 Å². The summed E-state index contributed by atoms with van der Waals surface area (Å²) in [5, 5.41) is 4.32. The van der Waals surface area contributed by atoms with E-state index in [0.29, 0.717) is 0 Å². The van der Waals surface area contributed by atoms with E-state index in [0.717, 1.165) is 27.6 Å². The van der Waals surface area contributed by atoms with Crippen molar-refractivity contribution in [2.45, 2.75) is 44.9 Å². The van der Waals surface area contributed by atoms with Crippen LogP contribution < -0.4 is 5.32 Å². The maximum atomic E-state index is 6.19. The van der Waals surface area contributed by atoms with Gasteiger partial charge in [-0.3, -0.25) is 0 Å². The van der Waals surface area contributed by atoms with E-state index in [2.05, 4.69) is 27.3 Å². The Hall–Kier alpha value is -0.210. The van der Waals surface area contributed by atoms with Gasteiger partial charge in [-0.15, -0.1) is 0 Å². The van der Waals surface area contributed by atoms with Crippen LogP contribution in [0.1, 0.15) is 44.9 Å². The average molecular weight is 331 g/mol. The maximum Gasteiger partial charge on any atom is 0.0638 e. The summed E-state index contributed by atoms with van der Waals surface area (Å²) in [6, 6.07) is 5.97. The highest BCUT2D eigenvalue weighted by Gasteiger charge is 2.11. The first-order valence-electron chi connectivity index (χ1n) is 6.94. The van der Waals surface area contributed by atoms with Crippen molar-refractivity contribution >= 4 is 33.2 Å². The summed E-state index contributed by atoms with van der Waals surface area (Å²) in [5.41, 5.74) is 1.05. The summed E-state index contributed by atoms with van der Waals surface area (Å²) in [6.07, 6.45) is 9.74. The highest BCUT2D eigenvalue weighted by molar-refractivity contribution is 9.10. The molecule has 0 amide bonds. The van der Waals surface area contributed by atoms with Gasteiger partial charge in [0.1, 0.15) is 0 Å². The molecule has 0 bridgehead atoms. The fourth-order valence-electron chi connectivity index (χ4n) is 2.63. The number of halogens is 2. The molecule has 1 saturated carbocycles. The molecule has 0 aromatic heterocycles. The van der Waals surface area contributed by atoms with Crippen molar-refractivity contribution in [3.8, 4) is 0 Å². The molecule has 0 aliphatic heterocycles. The van der Waals surface area contributed by atoms with Gasteiger partial charge in [0.25, 0.3) is 0 Å². The van der Waals surface area contributed by atoms with E-state index in [4.69, 9.17) is 11.6 Å². The van der Waals surface area contributed by atoms with E-state index < -0.39 is 0 Å². The first-order chi connectivity index (χ1) is 8.75. The molecule has 1 aromatic carbocycles. The molecule has 3 heteroatoms. The molecule has 0 unspecified atom stereocenters. The SMILES string of the molecule is Clc1ccc(Br)cc1NCC1CCCCCCC1. The lowest BCUT2D eigenvalue weighted by Gasteiger charge is -2.21. The van der Waals surface area contributed by atoms with Crippen LogP contribution >= 0.6 is 27.5 Å². The van der Waals surface area contributed by atoms with Crippen molar-refractivity contribution in [1.82, 2.24) is 0 Å². The minimum Gasteiger partial charge on any atom is -0.384 e. The van der Waals surface area contributed by atoms with E-state index >= 15 is 0 Å². The Morgan fingerprint density at radius 3 is 2.50 bits per heavy atom. The molecular formula is C15H21BrClN. The van der Waals surface area contributed by atoms with E-state index in [1.165, 1.54) is 44.9 Å². The fourth-order valence-corrected chi connectivity index (χ4v) is 3.18. The molecule has 0 saturated heterocycles. The van der Waals surface area contributed by atoms with Crippen molar-refractivity contribution in [2.24, 2.45) is 5.92 Å². The summed E-state index contributed by atoms with van der Waals surface area (Å²) in [4.78, 5) is 0. The van der Waals surface area contributed by atoms with Crippen molar-refractivity contribution < 1.29 is 0 Å². The molecule has 0 heterocycles. The van der Waals surface area contributed by atoms with Crippen LogP contribution in [-0.4, -0.2) is 6.54 Å². The van der Waals surface area contributed by atoms with Gasteiger partial charge in [0, 0.05) is 11.0 Å². The van der Waals surface area contributed by atoms with E-state index in [1.54, 1.807) is 0 Å². The van der Waals surface area contributed by atoms with Crippen molar-refractivity contribution in [3.05, 3.63) is 27.7 Å². The molecule has 1 N–H and O–H groups in total. The van der Waals surface area contributed by atoms with E-state index in [1.807, 2.05) is 12.1 Å². The van der Waals surface area contributed by atoms with Crippen LogP contribution in [0.25, 0.3) is 0 Å². The van der Waals surface area contributed by atoms with Gasteiger partial charge in [-0.05, 0) is 37.0 Å². The lowest BCUT2D eigenvalue weighted by Crippen LogP contribution is -2.15. The number of anilines is 1. The number of benzene rings is 1. The molecule has 0 radical (unpaired) electrons. The van der Waals surface area contributed by atoms with Gasteiger partial charge in [-0.25, -0.2) is 0 Å². The standard InChI is InChI=1S/C15H21BrClN/c16-13-8-9-14(17)15(10-13)18-11-12-6-4-2-1-3-5-7-12/h8-10,12,18H,1-7,11H2. The largest absolute Gasteiger partial charge is 0.384 e. The third kappa shape index (κ3) is 4.47. The smallest absolute Gasteiger partial charge is 0.0638 e. The molecule has 2 rings (SSSR count). The predicted octanol–water partition coefficient (Wildman–Crippen LogP) is 5.87. The Morgan fingerprint density at radius 2 is 1.78 bits per heavy atom. The Bertz CT molecular complexity index is 373. The first-order valence-corrected chi connectivity index (χ1v) is 8.12. The lowest BCUT2D eigenvalue weighted by atomic mass is 9.91. The molecule has 1 nitrogen and oxygen atoms in total. The summed E-state index contributed by atoms with van der Waals surface area (Å²) in [7, 11) is 0. The zero-order valence-corrected chi connectivity index (χ0v) is 13.1. The molecule has 0 atom stereocenters. The Morgan fingerprint density at radius 1 is 1.11 bits per heavy atom. The molecule has 1 aliphatic rings. The van der Waals surface area contributed by atoms with Gasteiger partial charge >= 0.3 is 0 Å². The molecule has 0 spiro atoms. The lowest BCUT2D eigenvalue weighted by molar-refractivity contribution is 0.392. The van der Waals surface area contributed by atoms with Crippen LogP contribution in [0.2, 0.25) is 5.02 Å². The van der Waals surface area contributed by atoms with Crippen LogP contribution in [-0.2, 0) is 0 Å². The van der Waals surface area contributed by atoms with Crippen LogP contribution in [0.15, 0.2) is 22.7 Å². The Kier molecular flexibility index (Phi) is 5.84. The molecule has 100 valence electrons. The summed E-state index contributed by atoms with van der Waals surface area (Å²) < 4.78 is 1.08. The predicted molar refractivity (Wildman–Crippen MR) is 83.5 cm³/mol. The highest BCUT2D eigenvalue weighted by Crippen LogP contribution is 2.27. The van der Waals surface area contributed by atoms with Crippen LogP contribution in [0.5, 0.6) is 0 Å². The quantitative estimate of drug-likeness (QED) is 0.730. The molecule has 1 aliphatic carbocycles. The molecular weight excluding hydrogens is 310 g/mol. The fraction of sp³-hybridized carbons (Fsp3) is 0.600. The van der Waals surface area contributed by atoms with Crippen molar-refractivity contribution in [3.63, 3.8) is 0 Å². The number of hydrogen-bond acceptors (Lipinski definition) is 1. The van der Waals surface area contributed by atoms with Gasteiger partial charge in [0.05, 0.1) is 10.7 Å². The number of hydrogen-bond donors (Lipinski definition) is 1. The normalized spacial score (nSPS) is 18.1. The van der Waals surface area contributed by atoms with Crippen molar-refractivity contribution in [1.29, 1.82) is 0 Å². The summed E-state index contributed by atoms with van der Waals surface area (Å²) in [6.45, 7) is 1.05. The van der Waals surface area contributed by atoms with Crippen molar-refractivity contribution in [2.75, 3.05) is 11.9 Å². The minimum absolute atomic E-state index is 0.806. The number of nitrogens with one attached hydrogen (secondary N) is 1. The third-order valence-corrected chi connectivity index (χ3v) is 4.56. The second kappa shape index (κ2) is 7.40. The minimum atomic E-state index is 0.806.